The fourth-order valence-electron chi connectivity index (χ4n) is 2.92. The molecule has 2 aromatic heterocycles. The van der Waals surface area contributed by atoms with E-state index < -0.39 is 0 Å². The topological polar surface area (TPSA) is 72.7 Å². The third kappa shape index (κ3) is 3.79. The molecule has 26 heavy (non-hydrogen) atoms. The first-order valence-corrected chi connectivity index (χ1v) is 8.64. The number of hydrogen-bond donors (Lipinski definition) is 1. The van der Waals surface area contributed by atoms with Crippen molar-refractivity contribution in [2.24, 2.45) is 13.0 Å². The van der Waals surface area contributed by atoms with Crippen LogP contribution in [-0.2, 0) is 18.3 Å². The number of hydrogen-bond acceptors (Lipinski definition) is 4. The Labute approximate surface area is 153 Å². The summed E-state index contributed by atoms with van der Waals surface area (Å²) >= 11 is 0. The van der Waals surface area contributed by atoms with Crippen LogP contribution in [0.25, 0.3) is 11.3 Å². The lowest BCUT2D eigenvalue weighted by Gasteiger charge is -2.12. The molecule has 0 radical (unpaired) electrons. The number of aromatic nitrogens is 4. The number of rotatable bonds is 5. The molecule has 0 spiro atoms. The Morgan fingerprint density at radius 1 is 1.12 bits per heavy atom. The maximum absolute atomic E-state index is 12.5. The molecule has 1 atom stereocenters. The van der Waals surface area contributed by atoms with Gasteiger partial charge in [-0.1, -0.05) is 37.3 Å². The SMILES string of the molecule is Cc1nn(C)c(C)c1C[C@H](C)C(=O)Nc1ccc(-c2ccccc2)nn1. The Hall–Kier alpha value is -3.02. The first-order chi connectivity index (χ1) is 12.5. The first kappa shape index (κ1) is 17.8. The largest absolute Gasteiger partial charge is 0.309 e. The van der Waals surface area contributed by atoms with Gasteiger partial charge in [-0.15, -0.1) is 10.2 Å². The second kappa shape index (κ2) is 7.47. The van der Waals surface area contributed by atoms with E-state index in [2.05, 4.69) is 20.6 Å². The van der Waals surface area contributed by atoms with Crippen molar-refractivity contribution >= 4 is 11.7 Å². The van der Waals surface area contributed by atoms with E-state index >= 15 is 0 Å². The van der Waals surface area contributed by atoms with E-state index in [0.29, 0.717) is 12.2 Å². The molecule has 3 aromatic rings. The molecule has 6 nitrogen and oxygen atoms in total. The number of benzene rings is 1. The Morgan fingerprint density at radius 2 is 1.85 bits per heavy atom. The molecule has 0 aliphatic carbocycles. The number of amides is 1. The maximum Gasteiger partial charge on any atom is 0.228 e. The van der Waals surface area contributed by atoms with Gasteiger partial charge in [0.25, 0.3) is 0 Å². The minimum Gasteiger partial charge on any atom is -0.309 e. The van der Waals surface area contributed by atoms with Crippen LogP contribution < -0.4 is 5.32 Å². The first-order valence-electron chi connectivity index (χ1n) is 8.64. The Morgan fingerprint density at radius 3 is 2.42 bits per heavy atom. The number of carbonyl (C=O) groups is 1. The van der Waals surface area contributed by atoms with Crippen LogP contribution in [0.2, 0.25) is 0 Å². The van der Waals surface area contributed by atoms with Crippen molar-refractivity contribution in [3.8, 4) is 11.3 Å². The monoisotopic (exact) mass is 349 g/mol. The number of nitrogens with one attached hydrogen (secondary N) is 1. The summed E-state index contributed by atoms with van der Waals surface area (Å²) in [7, 11) is 1.92. The fourth-order valence-corrected chi connectivity index (χ4v) is 2.92. The smallest absolute Gasteiger partial charge is 0.228 e. The third-order valence-electron chi connectivity index (χ3n) is 4.60. The highest BCUT2D eigenvalue weighted by Gasteiger charge is 2.19. The molecule has 0 saturated heterocycles. The molecular formula is C20H23N5O. The van der Waals surface area contributed by atoms with Gasteiger partial charge in [-0.3, -0.25) is 9.48 Å². The Kier molecular flexibility index (Phi) is 5.11. The van der Waals surface area contributed by atoms with Crippen molar-refractivity contribution in [1.82, 2.24) is 20.0 Å². The quantitative estimate of drug-likeness (QED) is 0.767. The van der Waals surface area contributed by atoms with Crippen LogP contribution in [0, 0.1) is 19.8 Å². The molecule has 134 valence electrons. The minimum atomic E-state index is -0.188. The van der Waals surface area contributed by atoms with Crippen molar-refractivity contribution in [3.63, 3.8) is 0 Å². The van der Waals surface area contributed by atoms with Gasteiger partial charge in [-0.2, -0.15) is 5.10 Å². The highest BCUT2D eigenvalue weighted by Crippen LogP contribution is 2.19. The molecule has 3 rings (SSSR count). The van der Waals surface area contributed by atoms with Crippen LogP contribution in [0.3, 0.4) is 0 Å². The highest BCUT2D eigenvalue weighted by atomic mass is 16.1. The van der Waals surface area contributed by atoms with Crippen molar-refractivity contribution < 1.29 is 4.79 Å². The highest BCUT2D eigenvalue weighted by molar-refractivity contribution is 5.91. The van der Waals surface area contributed by atoms with Gasteiger partial charge in [0.2, 0.25) is 5.91 Å². The second-order valence-electron chi connectivity index (χ2n) is 6.54. The summed E-state index contributed by atoms with van der Waals surface area (Å²) < 4.78 is 1.85. The average Bonchev–Trinajstić information content (AvgIpc) is 2.89. The van der Waals surface area contributed by atoms with Crippen molar-refractivity contribution in [1.29, 1.82) is 0 Å². The number of aryl methyl sites for hydroxylation is 2. The zero-order valence-corrected chi connectivity index (χ0v) is 15.5. The maximum atomic E-state index is 12.5. The standard InChI is InChI=1S/C20H23N5O/c1-13(12-17-14(2)24-25(4)15(17)3)20(26)21-19-11-10-18(22-23-19)16-8-6-5-7-9-16/h5-11,13H,12H2,1-4H3,(H,21,23,26)/t13-/m0/s1. The molecule has 0 saturated carbocycles. The summed E-state index contributed by atoms with van der Waals surface area (Å²) in [5.41, 5.74) is 4.96. The van der Waals surface area contributed by atoms with Crippen molar-refractivity contribution in [3.05, 3.63) is 59.4 Å². The zero-order valence-electron chi connectivity index (χ0n) is 15.5. The molecule has 0 aliphatic heterocycles. The Bertz CT molecular complexity index is 900. The summed E-state index contributed by atoms with van der Waals surface area (Å²) in [6, 6.07) is 13.5. The summed E-state index contributed by atoms with van der Waals surface area (Å²) in [5, 5.41) is 15.6. The van der Waals surface area contributed by atoms with Gasteiger partial charge in [0.15, 0.2) is 5.82 Å². The lowest BCUT2D eigenvalue weighted by atomic mass is 9.99. The number of carbonyl (C=O) groups excluding carboxylic acids is 1. The van der Waals surface area contributed by atoms with Crippen molar-refractivity contribution in [2.45, 2.75) is 27.2 Å². The lowest BCUT2D eigenvalue weighted by molar-refractivity contribution is -0.119. The molecule has 1 aromatic carbocycles. The molecule has 0 unspecified atom stereocenters. The van der Waals surface area contributed by atoms with Gasteiger partial charge in [0, 0.05) is 24.2 Å². The molecule has 1 amide bonds. The molecule has 0 aliphatic rings. The van der Waals surface area contributed by atoms with Gasteiger partial charge in [-0.25, -0.2) is 0 Å². The molecule has 6 heteroatoms. The van der Waals surface area contributed by atoms with Gasteiger partial charge in [0.05, 0.1) is 11.4 Å². The van der Waals surface area contributed by atoms with Gasteiger partial charge in [-0.05, 0) is 38.0 Å². The van der Waals surface area contributed by atoms with E-state index in [-0.39, 0.29) is 11.8 Å². The van der Waals surface area contributed by atoms with Gasteiger partial charge >= 0.3 is 0 Å². The van der Waals surface area contributed by atoms with Crippen LogP contribution >= 0.6 is 0 Å². The second-order valence-corrected chi connectivity index (χ2v) is 6.54. The fraction of sp³-hybridized carbons (Fsp3) is 0.300. The van der Waals surface area contributed by atoms with Gasteiger partial charge < -0.3 is 5.32 Å². The molecule has 0 fully saturated rings. The van der Waals surface area contributed by atoms with E-state index in [4.69, 9.17) is 0 Å². The van der Waals surface area contributed by atoms with Gasteiger partial charge in [0.1, 0.15) is 0 Å². The predicted octanol–water partition coefficient (Wildman–Crippen LogP) is 3.31. The predicted molar refractivity (Wildman–Crippen MR) is 102 cm³/mol. The number of anilines is 1. The Balaban J connectivity index is 1.65. The van der Waals surface area contributed by atoms with Crippen LogP contribution in [0.5, 0.6) is 0 Å². The lowest BCUT2D eigenvalue weighted by Crippen LogP contribution is -2.23. The zero-order chi connectivity index (χ0) is 18.7. The van der Waals surface area contributed by atoms with E-state index in [9.17, 15) is 4.79 Å². The van der Waals surface area contributed by atoms with E-state index in [1.54, 1.807) is 6.07 Å². The summed E-state index contributed by atoms with van der Waals surface area (Å²) in [6.45, 7) is 5.90. The van der Waals surface area contributed by atoms with Crippen LogP contribution in [0.15, 0.2) is 42.5 Å². The van der Waals surface area contributed by atoms with E-state index in [1.807, 2.05) is 68.9 Å². The molecule has 0 bridgehead atoms. The van der Waals surface area contributed by atoms with Crippen LogP contribution in [0.4, 0.5) is 5.82 Å². The summed E-state index contributed by atoms with van der Waals surface area (Å²) in [6.07, 6.45) is 0.646. The number of nitrogens with zero attached hydrogens (tertiary/aromatic N) is 4. The average molecular weight is 349 g/mol. The molecular weight excluding hydrogens is 326 g/mol. The normalized spacial score (nSPS) is 12.0. The third-order valence-corrected chi connectivity index (χ3v) is 4.60. The summed E-state index contributed by atoms with van der Waals surface area (Å²) in [4.78, 5) is 12.5. The van der Waals surface area contributed by atoms with E-state index in [1.165, 1.54) is 0 Å². The minimum absolute atomic E-state index is 0.0746. The van der Waals surface area contributed by atoms with Crippen molar-refractivity contribution in [2.75, 3.05) is 5.32 Å². The summed E-state index contributed by atoms with van der Waals surface area (Å²) in [5.74, 6) is 0.197. The van der Waals surface area contributed by atoms with E-state index in [0.717, 1.165) is 28.2 Å². The van der Waals surface area contributed by atoms with Crippen LogP contribution in [-0.4, -0.2) is 25.9 Å². The molecule has 1 N–H and O–H groups in total. The molecule has 2 heterocycles. The van der Waals surface area contributed by atoms with Crippen LogP contribution in [0.1, 0.15) is 23.9 Å².